The van der Waals surface area contributed by atoms with Crippen LogP contribution in [-0.2, 0) is 11.3 Å². The minimum atomic E-state index is -0.512. The predicted octanol–water partition coefficient (Wildman–Crippen LogP) is 2.19. The molecule has 0 radical (unpaired) electrons. The summed E-state index contributed by atoms with van der Waals surface area (Å²) in [6, 6.07) is 3.30. The molecule has 0 bridgehead atoms. The fourth-order valence-corrected chi connectivity index (χ4v) is 2.99. The average molecular weight is 361 g/mol. The molecule has 0 saturated heterocycles. The normalized spacial score (nSPS) is 14.8. The Morgan fingerprint density at radius 1 is 1.52 bits per heavy atom. The topological polar surface area (TPSA) is 102 Å². The molecule has 1 atom stereocenters. The van der Waals surface area contributed by atoms with Gasteiger partial charge in [0, 0.05) is 12.6 Å². The van der Waals surface area contributed by atoms with Crippen molar-refractivity contribution in [1.29, 1.82) is 0 Å². The zero-order chi connectivity index (χ0) is 17.8. The van der Waals surface area contributed by atoms with Gasteiger partial charge in [-0.05, 0) is 31.9 Å². The second kappa shape index (κ2) is 7.56. The molecule has 1 saturated carbocycles. The quantitative estimate of drug-likeness (QED) is 0.579. The van der Waals surface area contributed by atoms with Gasteiger partial charge in [0.15, 0.2) is 10.9 Å². The molecule has 3 amide bonds. The highest BCUT2D eigenvalue weighted by atomic mass is 32.2. The van der Waals surface area contributed by atoms with Gasteiger partial charge in [-0.2, -0.15) is 0 Å². The first-order chi connectivity index (χ1) is 12.1. The third-order valence-electron chi connectivity index (χ3n) is 3.57. The van der Waals surface area contributed by atoms with Crippen LogP contribution in [0.5, 0.6) is 0 Å². The van der Waals surface area contributed by atoms with Gasteiger partial charge in [-0.25, -0.2) is 4.79 Å². The van der Waals surface area contributed by atoms with Gasteiger partial charge in [0.2, 0.25) is 11.7 Å². The van der Waals surface area contributed by atoms with Crippen LogP contribution in [-0.4, -0.2) is 38.0 Å². The van der Waals surface area contributed by atoms with Crippen LogP contribution in [0, 0.1) is 0 Å². The van der Waals surface area contributed by atoms with Crippen molar-refractivity contribution in [2.75, 3.05) is 0 Å². The summed E-state index contributed by atoms with van der Waals surface area (Å²) >= 11 is 1.22. The second-order valence-electron chi connectivity index (χ2n) is 5.68. The highest BCUT2D eigenvalue weighted by Gasteiger charge is 2.26. The van der Waals surface area contributed by atoms with Gasteiger partial charge in [-0.1, -0.05) is 17.8 Å². The summed E-state index contributed by atoms with van der Waals surface area (Å²) in [7, 11) is 0. The molecule has 0 spiro atoms. The van der Waals surface area contributed by atoms with E-state index in [0.717, 1.165) is 12.8 Å². The minimum Gasteiger partial charge on any atom is -0.461 e. The van der Waals surface area contributed by atoms with Gasteiger partial charge in [-0.3, -0.25) is 14.7 Å². The number of aromatic nitrogens is 3. The van der Waals surface area contributed by atoms with Crippen molar-refractivity contribution in [2.24, 2.45) is 0 Å². The van der Waals surface area contributed by atoms with Crippen molar-refractivity contribution in [3.63, 3.8) is 0 Å². The molecular weight excluding hydrogens is 342 g/mol. The molecule has 0 aromatic carbocycles. The summed E-state index contributed by atoms with van der Waals surface area (Å²) in [4.78, 5) is 23.9. The molecule has 2 N–H and O–H groups in total. The number of urea groups is 1. The number of amides is 3. The van der Waals surface area contributed by atoms with Crippen molar-refractivity contribution in [3.05, 3.63) is 31.1 Å². The van der Waals surface area contributed by atoms with E-state index in [0.29, 0.717) is 23.3 Å². The third kappa shape index (κ3) is 4.30. The smallest absolute Gasteiger partial charge is 0.321 e. The zero-order valence-corrected chi connectivity index (χ0v) is 14.6. The number of rotatable bonds is 7. The van der Waals surface area contributed by atoms with Crippen molar-refractivity contribution in [3.8, 4) is 11.6 Å². The standard InChI is InChI=1S/C16H19N5O3S/c1-3-8-21-13(12-5-4-9-24-12)19-20-16(21)25-10(2)14(22)18-15(23)17-11-6-7-11/h3-5,9-11H,1,6-8H2,2H3,(H2,17,18,22,23). The number of hydrogen-bond donors (Lipinski definition) is 2. The average Bonchev–Trinajstić information content (AvgIpc) is 3.08. The summed E-state index contributed by atoms with van der Waals surface area (Å²) < 4.78 is 7.18. The van der Waals surface area contributed by atoms with Crippen LogP contribution in [0.2, 0.25) is 0 Å². The SMILES string of the molecule is C=CCn1c(SC(C)C(=O)NC(=O)NC2CC2)nnc1-c1ccco1. The second-order valence-corrected chi connectivity index (χ2v) is 6.99. The van der Waals surface area contributed by atoms with Crippen LogP contribution >= 0.6 is 11.8 Å². The van der Waals surface area contributed by atoms with Crippen LogP contribution in [0.3, 0.4) is 0 Å². The first-order valence-electron chi connectivity index (χ1n) is 7.94. The Morgan fingerprint density at radius 2 is 2.32 bits per heavy atom. The lowest BCUT2D eigenvalue weighted by Gasteiger charge is -2.12. The highest BCUT2D eigenvalue weighted by Crippen LogP contribution is 2.27. The summed E-state index contributed by atoms with van der Waals surface area (Å²) in [6.07, 6.45) is 5.20. The summed E-state index contributed by atoms with van der Waals surface area (Å²) in [5.41, 5.74) is 0. The first kappa shape index (κ1) is 17.3. The third-order valence-corrected chi connectivity index (χ3v) is 4.65. The van der Waals surface area contributed by atoms with Crippen LogP contribution in [0.1, 0.15) is 19.8 Å². The summed E-state index contributed by atoms with van der Waals surface area (Å²) in [5, 5.41) is 13.4. The Bertz CT molecular complexity index is 767. The van der Waals surface area contributed by atoms with Gasteiger partial charge in [-0.15, -0.1) is 16.8 Å². The van der Waals surface area contributed by atoms with Gasteiger partial charge < -0.3 is 9.73 Å². The maximum Gasteiger partial charge on any atom is 0.321 e. The maximum absolute atomic E-state index is 12.2. The molecule has 9 heteroatoms. The Balaban J connectivity index is 1.67. The molecule has 0 aliphatic heterocycles. The van der Waals surface area contributed by atoms with E-state index in [1.807, 2.05) is 4.57 Å². The van der Waals surface area contributed by atoms with Gasteiger partial charge in [0.1, 0.15) is 0 Å². The molecule has 2 heterocycles. The van der Waals surface area contributed by atoms with E-state index in [-0.39, 0.29) is 11.9 Å². The predicted molar refractivity (Wildman–Crippen MR) is 92.9 cm³/mol. The number of carbonyl (C=O) groups is 2. The fourth-order valence-electron chi connectivity index (χ4n) is 2.13. The number of furan rings is 1. The summed E-state index contributed by atoms with van der Waals surface area (Å²) in [5.74, 6) is 0.768. The lowest BCUT2D eigenvalue weighted by molar-refractivity contribution is -0.119. The first-order valence-corrected chi connectivity index (χ1v) is 8.82. The van der Waals surface area contributed by atoms with E-state index < -0.39 is 11.3 Å². The van der Waals surface area contributed by atoms with E-state index in [2.05, 4.69) is 27.4 Å². The van der Waals surface area contributed by atoms with Gasteiger partial charge in [0.05, 0.1) is 11.5 Å². The number of imide groups is 1. The van der Waals surface area contributed by atoms with E-state index >= 15 is 0 Å². The number of carbonyl (C=O) groups excluding carboxylic acids is 2. The van der Waals surface area contributed by atoms with Crippen molar-refractivity contribution in [1.82, 2.24) is 25.4 Å². The van der Waals surface area contributed by atoms with Crippen LogP contribution in [0.4, 0.5) is 4.79 Å². The summed E-state index contributed by atoms with van der Waals surface area (Å²) in [6.45, 7) is 5.92. The number of hydrogen-bond acceptors (Lipinski definition) is 6. The molecule has 1 fully saturated rings. The number of allylic oxidation sites excluding steroid dienone is 1. The van der Waals surface area contributed by atoms with E-state index in [4.69, 9.17) is 4.42 Å². The Labute approximate surface area is 149 Å². The Hall–Kier alpha value is -2.55. The molecular formula is C16H19N5O3S. The number of nitrogens with one attached hydrogen (secondary N) is 2. The van der Waals surface area contributed by atoms with Crippen LogP contribution in [0.25, 0.3) is 11.6 Å². The van der Waals surface area contributed by atoms with Gasteiger partial charge >= 0.3 is 6.03 Å². The van der Waals surface area contributed by atoms with Crippen molar-refractivity contribution < 1.29 is 14.0 Å². The molecule has 132 valence electrons. The van der Waals surface area contributed by atoms with E-state index in [1.165, 1.54) is 11.8 Å². The molecule has 1 aliphatic rings. The van der Waals surface area contributed by atoms with Crippen LogP contribution in [0.15, 0.2) is 40.6 Å². The molecule has 1 unspecified atom stereocenters. The molecule has 8 nitrogen and oxygen atoms in total. The van der Waals surface area contributed by atoms with E-state index in [1.54, 1.807) is 31.4 Å². The molecule has 2 aromatic heterocycles. The van der Waals surface area contributed by atoms with Gasteiger partial charge in [0.25, 0.3) is 0 Å². The largest absolute Gasteiger partial charge is 0.461 e. The van der Waals surface area contributed by atoms with E-state index in [9.17, 15) is 9.59 Å². The lowest BCUT2D eigenvalue weighted by Crippen LogP contribution is -2.43. The Morgan fingerprint density at radius 3 is 2.96 bits per heavy atom. The molecule has 25 heavy (non-hydrogen) atoms. The highest BCUT2D eigenvalue weighted by molar-refractivity contribution is 8.00. The van der Waals surface area contributed by atoms with Crippen LogP contribution < -0.4 is 10.6 Å². The molecule has 3 rings (SSSR count). The van der Waals surface area contributed by atoms with Crippen molar-refractivity contribution in [2.45, 2.75) is 42.8 Å². The Kier molecular flexibility index (Phi) is 5.22. The fraction of sp³-hybridized carbons (Fsp3) is 0.375. The zero-order valence-electron chi connectivity index (χ0n) is 13.8. The number of nitrogens with zero attached hydrogens (tertiary/aromatic N) is 3. The minimum absolute atomic E-state index is 0.197. The number of thioether (sulfide) groups is 1. The molecule has 2 aromatic rings. The maximum atomic E-state index is 12.2. The monoisotopic (exact) mass is 361 g/mol. The van der Waals surface area contributed by atoms with Crippen molar-refractivity contribution >= 4 is 23.7 Å². The molecule has 1 aliphatic carbocycles. The lowest BCUT2D eigenvalue weighted by atomic mass is 10.4.